The molecule has 0 N–H and O–H groups in total. The average Bonchev–Trinajstić information content (AvgIpc) is 2.42. The normalized spacial score (nSPS) is 10.0. The van der Waals surface area contributed by atoms with Crippen molar-refractivity contribution in [1.29, 1.82) is 5.26 Å². The molecule has 5 nitrogen and oxygen atoms in total. The van der Waals surface area contributed by atoms with E-state index < -0.39 is 4.92 Å². The van der Waals surface area contributed by atoms with Crippen molar-refractivity contribution in [1.82, 2.24) is 0 Å². The summed E-state index contributed by atoms with van der Waals surface area (Å²) in [5, 5.41) is 20.1. The lowest BCUT2D eigenvalue weighted by Crippen LogP contribution is -1.96. The molecule has 0 aromatic heterocycles. The monoisotopic (exact) mass is 282 g/mol. The fraction of sp³-hybridized carbons (Fsp3) is 0.188. The maximum absolute atomic E-state index is 11.0. The van der Waals surface area contributed by atoms with Crippen LogP contribution >= 0.6 is 0 Å². The van der Waals surface area contributed by atoms with Crippen LogP contribution in [0.2, 0.25) is 0 Å². The van der Waals surface area contributed by atoms with Gasteiger partial charge in [-0.25, -0.2) is 0 Å². The molecule has 0 unspecified atom stereocenters. The SMILES string of the molecule is Cc1ccc(Oc2cc([N+](=O)[O-])c(C)cc2C)c(C#N)c1. The molecule has 21 heavy (non-hydrogen) atoms. The maximum atomic E-state index is 11.0. The van der Waals surface area contributed by atoms with Gasteiger partial charge in [0.1, 0.15) is 17.6 Å². The molecule has 0 saturated heterocycles. The molecule has 106 valence electrons. The molecule has 0 heterocycles. The minimum Gasteiger partial charge on any atom is -0.455 e. The van der Waals surface area contributed by atoms with Crippen LogP contribution in [-0.2, 0) is 0 Å². The lowest BCUT2D eigenvalue weighted by Gasteiger charge is -2.11. The van der Waals surface area contributed by atoms with Crippen LogP contribution in [0.1, 0.15) is 22.3 Å². The summed E-state index contributed by atoms with van der Waals surface area (Å²) in [6, 6.07) is 10.4. The standard InChI is InChI=1S/C16H14N2O3/c1-10-4-5-15(13(6-10)9-17)21-16-8-14(18(19)20)11(2)7-12(16)3/h4-8H,1-3H3. The van der Waals surface area contributed by atoms with Gasteiger partial charge in [-0.15, -0.1) is 0 Å². The summed E-state index contributed by atoms with van der Waals surface area (Å²) in [5.74, 6) is 0.775. The van der Waals surface area contributed by atoms with E-state index in [2.05, 4.69) is 6.07 Å². The number of nitrogens with zero attached hydrogens (tertiary/aromatic N) is 2. The number of ether oxygens (including phenoxy) is 1. The number of nitro groups is 1. The zero-order valence-corrected chi connectivity index (χ0v) is 12.0. The number of nitro benzene ring substituents is 1. The Hall–Kier alpha value is -2.87. The highest BCUT2D eigenvalue weighted by atomic mass is 16.6. The Balaban J connectivity index is 2.47. The van der Waals surface area contributed by atoms with Crippen molar-refractivity contribution in [2.45, 2.75) is 20.8 Å². The molecule has 0 saturated carbocycles. The first-order valence-corrected chi connectivity index (χ1v) is 6.36. The third kappa shape index (κ3) is 3.00. The quantitative estimate of drug-likeness (QED) is 0.625. The van der Waals surface area contributed by atoms with Gasteiger partial charge in [-0.1, -0.05) is 6.07 Å². The summed E-state index contributed by atoms with van der Waals surface area (Å²) >= 11 is 0. The lowest BCUT2D eigenvalue weighted by molar-refractivity contribution is -0.385. The molecule has 2 aromatic carbocycles. The van der Waals surface area contributed by atoms with Crippen molar-refractivity contribution >= 4 is 5.69 Å². The number of aryl methyl sites for hydroxylation is 3. The van der Waals surface area contributed by atoms with Gasteiger partial charge in [-0.2, -0.15) is 5.26 Å². The van der Waals surface area contributed by atoms with E-state index in [0.717, 1.165) is 11.1 Å². The Bertz CT molecular complexity index is 761. The second-order valence-corrected chi connectivity index (χ2v) is 4.87. The summed E-state index contributed by atoms with van der Waals surface area (Å²) in [6.07, 6.45) is 0. The second kappa shape index (κ2) is 5.63. The summed E-state index contributed by atoms with van der Waals surface area (Å²) in [4.78, 5) is 10.6. The zero-order valence-electron chi connectivity index (χ0n) is 12.0. The molecule has 0 fully saturated rings. The third-order valence-electron chi connectivity index (χ3n) is 3.17. The minimum atomic E-state index is -0.442. The molecule has 0 aliphatic rings. The van der Waals surface area contributed by atoms with Crippen LogP contribution in [0.4, 0.5) is 5.69 Å². The summed E-state index contributed by atoms with van der Waals surface area (Å²) in [5.41, 5.74) is 2.71. The van der Waals surface area contributed by atoms with Gasteiger partial charge in [0.05, 0.1) is 16.6 Å². The molecule has 5 heteroatoms. The van der Waals surface area contributed by atoms with Crippen molar-refractivity contribution < 1.29 is 9.66 Å². The van der Waals surface area contributed by atoms with E-state index in [-0.39, 0.29) is 5.69 Å². The smallest absolute Gasteiger partial charge is 0.276 e. The molecule has 0 radical (unpaired) electrons. The predicted octanol–water partition coefficient (Wildman–Crippen LogP) is 4.18. The Morgan fingerprint density at radius 3 is 2.43 bits per heavy atom. The highest BCUT2D eigenvalue weighted by Gasteiger charge is 2.16. The van der Waals surface area contributed by atoms with Crippen molar-refractivity contribution in [2.24, 2.45) is 0 Å². The van der Waals surface area contributed by atoms with E-state index >= 15 is 0 Å². The predicted molar refractivity (Wildman–Crippen MR) is 78.5 cm³/mol. The molecule has 0 bridgehead atoms. The second-order valence-electron chi connectivity index (χ2n) is 4.87. The van der Waals surface area contributed by atoms with Crippen LogP contribution in [0, 0.1) is 42.2 Å². The Morgan fingerprint density at radius 1 is 1.10 bits per heavy atom. The van der Waals surface area contributed by atoms with Crippen LogP contribution in [0.15, 0.2) is 30.3 Å². The van der Waals surface area contributed by atoms with Gasteiger partial charge in [0.25, 0.3) is 5.69 Å². The Morgan fingerprint density at radius 2 is 1.81 bits per heavy atom. The van der Waals surface area contributed by atoms with Crippen LogP contribution in [0.3, 0.4) is 0 Å². The fourth-order valence-corrected chi connectivity index (χ4v) is 2.07. The molecule has 0 amide bonds. The topological polar surface area (TPSA) is 76.2 Å². The maximum Gasteiger partial charge on any atom is 0.276 e. The van der Waals surface area contributed by atoms with E-state index in [0.29, 0.717) is 22.6 Å². The van der Waals surface area contributed by atoms with Gasteiger partial charge in [0.2, 0.25) is 0 Å². The van der Waals surface area contributed by atoms with E-state index in [9.17, 15) is 10.1 Å². The molecule has 0 aliphatic carbocycles. The number of hydrogen-bond donors (Lipinski definition) is 0. The summed E-state index contributed by atoms with van der Waals surface area (Å²) < 4.78 is 5.71. The Labute approximate surface area is 122 Å². The van der Waals surface area contributed by atoms with Gasteiger partial charge in [0, 0.05) is 5.56 Å². The third-order valence-corrected chi connectivity index (χ3v) is 3.17. The highest BCUT2D eigenvalue weighted by molar-refractivity contribution is 5.53. The lowest BCUT2D eigenvalue weighted by atomic mass is 10.1. The largest absolute Gasteiger partial charge is 0.455 e. The number of hydrogen-bond acceptors (Lipinski definition) is 4. The molecule has 0 spiro atoms. The van der Waals surface area contributed by atoms with Crippen LogP contribution in [0.5, 0.6) is 11.5 Å². The van der Waals surface area contributed by atoms with Crippen molar-refractivity contribution in [3.8, 4) is 17.6 Å². The molecule has 0 aliphatic heterocycles. The summed E-state index contributed by atoms with van der Waals surface area (Å²) in [6.45, 7) is 5.38. The van der Waals surface area contributed by atoms with E-state index in [1.165, 1.54) is 6.07 Å². The van der Waals surface area contributed by atoms with Crippen molar-refractivity contribution in [3.63, 3.8) is 0 Å². The number of benzene rings is 2. The number of rotatable bonds is 3. The Kier molecular flexibility index (Phi) is 3.90. The van der Waals surface area contributed by atoms with E-state index in [1.54, 1.807) is 25.1 Å². The van der Waals surface area contributed by atoms with E-state index in [4.69, 9.17) is 10.00 Å². The molecule has 2 aromatic rings. The summed E-state index contributed by atoms with van der Waals surface area (Å²) in [7, 11) is 0. The van der Waals surface area contributed by atoms with E-state index in [1.807, 2.05) is 19.9 Å². The van der Waals surface area contributed by atoms with Crippen molar-refractivity contribution in [2.75, 3.05) is 0 Å². The molecular formula is C16H14N2O3. The highest BCUT2D eigenvalue weighted by Crippen LogP contribution is 2.33. The van der Waals surface area contributed by atoms with Gasteiger partial charge < -0.3 is 4.74 Å². The van der Waals surface area contributed by atoms with Crippen molar-refractivity contribution in [3.05, 3.63) is 62.7 Å². The van der Waals surface area contributed by atoms with Gasteiger partial charge >= 0.3 is 0 Å². The van der Waals surface area contributed by atoms with Gasteiger partial charge in [0.15, 0.2) is 0 Å². The number of nitriles is 1. The van der Waals surface area contributed by atoms with Crippen LogP contribution in [-0.4, -0.2) is 4.92 Å². The first-order chi connectivity index (χ1) is 9.92. The van der Waals surface area contributed by atoms with Crippen LogP contribution < -0.4 is 4.74 Å². The van der Waals surface area contributed by atoms with Crippen LogP contribution in [0.25, 0.3) is 0 Å². The average molecular weight is 282 g/mol. The molecular weight excluding hydrogens is 268 g/mol. The first-order valence-electron chi connectivity index (χ1n) is 6.36. The van der Waals surface area contributed by atoms with Gasteiger partial charge in [-0.05, 0) is 50.1 Å². The fourth-order valence-electron chi connectivity index (χ4n) is 2.07. The zero-order chi connectivity index (χ0) is 15.6. The first kappa shape index (κ1) is 14.5. The van der Waals surface area contributed by atoms with Gasteiger partial charge in [-0.3, -0.25) is 10.1 Å². The minimum absolute atomic E-state index is 0.00113. The molecule has 0 atom stereocenters. The molecule has 2 rings (SSSR count).